The molecule has 1 saturated heterocycles. The van der Waals surface area contributed by atoms with Gasteiger partial charge in [0.15, 0.2) is 0 Å². The van der Waals surface area contributed by atoms with E-state index in [1.54, 1.807) is 34.8 Å². The van der Waals surface area contributed by atoms with Crippen LogP contribution in [0.5, 0.6) is 0 Å². The average molecular weight is 262 g/mol. The number of nitrogens with zero attached hydrogens (tertiary/aromatic N) is 2. The Kier molecular flexibility index (Phi) is 2.84. The maximum Gasteiger partial charge on any atom is 0.326 e. The van der Waals surface area contributed by atoms with E-state index in [-0.39, 0.29) is 11.8 Å². The highest BCUT2D eigenvalue weighted by molar-refractivity contribution is 5.96. The van der Waals surface area contributed by atoms with E-state index in [0.717, 1.165) is 19.3 Å². The number of amides is 1. The van der Waals surface area contributed by atoms with Crippen LogP contribution in [0.25, 0.3) is 0 Å². The third kappa shape index (κ3) is 1.84. The maximum absolute atomic E-state index is 12.5. The molecule has 2 aliphatic rings. The van der Waals surface area contributed by atoms with Crippen molar-refractivity contribution in [1.29, 1.82) is 0 Å². The molecule has 2 fully saturated rings. The standard InChI is InChI=1S/C14H18N2O3/c1-15-7-3-6-11(15)13(17)16-8-9-4-2-5-10(9)12(16)14(18)19/h3,6-7,9-10,12H,2,4-5,8H2,1H3,(H,18,19). The minimum Gasteiger partial charge on any atom is -0.480 e. The third-order valence-electron chi connectivity index (χ3n) is 4.57. The van der Waals surface area contributed by atoms with Crippen molar-refractivity contribution in [2.24, 2.45) is 18.9 Å². The van der Waals surface area contributed by atoms with Crippen molar-refractivity contribution in [3.63, 3.8) is 0 Å². The summed E-state index contributed by atoms with van der Waals surface area (Å²) >= 11 is 0. The molecule has 19 heavy (non-hydrogen) atoms. The first kappa shape index (κ1) is 12.3. The van der Waals surface area contributed by atoms with E-state index in [4.69, 9.17) is 0 Å². The number of carbonyl (C=O) groups excluding carboxylic acids is 1. The van der Waals surface area contributed by atoms with Gasteiger partial charge in [0.05, 0.1) is 0 Å². The Labute approximate surface area is 111 Å². The largest absolute Gasteiger partial charge is 0.480 e. The number of hydrogen-bond acceptors (Lipinski definition) is 2. The summed E-state index contributed by atoms with van der Waals surface area (Å²) < 4.78 is 1.75. The van der Waals surface area contributed by atoms with Gasteiger partial charge in [-0.3, -0.25) is 4.79 Å². The molecule has 1 aromatic rings. The van der Waals surface area contributed by atoms with Gasteiger partial charge in [-0.1, -0.05) is 6.42 Å². The highest BCUT2D eigenvalue weighted by atomic mass is 16.4. The summed E-state index contributed by atoms with van der Waals surface area (Å²) in [5, 5.41) is 9.45. The molecule has 1 amide bonds. The number of carbonyl (C=O) groups is 2. The highest BCUT2D eigenvalue weighted by Gasteiger charge is 2.49. The van der Waals surface area contributed by atoms with Crippen molar-refractivity contribution >= 4 is 11.9 Å². The van der Waals surface area contributed by atoms with Crippen LogP contribution in [0.4, 0.5) is 0 Å². The Balaban J connectivity index is 1.90. The van der Waals surface area contributed by atoms with Crippen LogP contribution in [-0.4, -0.2) is 39.0 Å². The number of likely N-dealkylation sites (tertiary alicyclic amines) is 1. The smallest absolute Gasteiger partial charge is 0.326 e. The first-order valence-corrected chi connectivity index (χ1v) is 6.74. The molecule has 3 unspecified atom stereocenters. The van der Waals surface area contributed by atoms with Crippen molar-refractivity contribution in [3.05, 3.63) is 24.0 Å². The molecule has 1 aromatic heterocycles. The van der Waals surface area contributed by atoms with Crippen LogP contribution < -0.4 is 0 Å². The van der Waals surface area contributed by atoms with Gasteiger partial charge >= 0.3 is 5.97 Å². The lowest BCUT2D eigenvalue weighted by molar-refractivity contribution is -0.142. The van der Waals surface area contributed by atoms with Gasteiger partial charge in [0.2, 0.25) is 0 Å². The van der Waals surface area contributed by atoms with Crippen LogP contribution in [0.3, 0.4) is 0 Å². The van der Waals surface area contributed by atoms with E-state index < -0.39 is 12.0 Å². The number of hydrogen-bond donors (Lipinski definition) is 1. The van der Waals surface area contributed by atoms with Crippen LogP contribution >= 0.6 is 0 Å². The number of carboxylic acid groups (broad SMARTS) is 1. The van der Waals surface area contributed by atoms with Crippen molar-refractivity contribution in [2.75, 3.05) is 6.54 Å². The topological polar surface area (TPSA) is 62.5 Å². The Morgan fingerprint density at radius 2 is 2.16 bits per heavy atom. The zero-order chi connectivity index (χ0) is 13.6. The molecular weight excluding hydrogens is 244 g/mol. The Morgan fingerprint density at radius 3 is 2.79 bits per heavy atom. The molecule has 5 nitrogen and oxygen atoms in total. The second-order valence-electron chi connectivity index (χ2n) is 5.60. The second kappa shape index (κ2) is 4.40. The number of carboxylic acids is 1. The number of rotatable bonds is 2. The lowest BCUT2D eigenvalue weighted by atomic mass is 9.94. The molecule has 1 aliphatic heterocycles. The molecule has 0 aromatic carbocycles. The third-order valence-corrected chi connectivity index (χ3v) is 4.57. The summed E-state index contributed by atoms with van der Waals surface area (Å²) in [5.41, 5.74) is 0.561. The zero-order valence-electron chi connectivity index (χ0n) is 11.0. The maximum atomic E-state index is 12.5. The highest BCUT2D eigenvalue weighted by Crippen LogP contribution is 2.42. The van der Waals surface area contributed by atoms with Crippen molar-refractivity contribution in [3.8, 4) is 0 Å². The summed E-state index contributed by atoms with van der Waals surface area (Å²) in [6, 6.07) is 2.91. The number of aromatic nitrogens is 1. The molecule has 5 heteroatoms. The summed E-state index contributed by atoms with van der Waals surface area (Å²) in [5.74, 6) is -0.515. The first-order chi connectivity index (χ1) is 9.09. The van der Waals surface area contributed by atoms with Gasteiger partial charge in [-0.2, -0.15) is 0 Å². The molecule has 2 heterocycles. The average Bonchev–Trinajstić information content (AvgIpc) is 3.00. The van der Waals surface area contributed by atoms with E-state index in [0.29, 0.717) is 18.2 Å². The minimum atomic E-state index is -0.864. The second-order valence-corrected chi connectivity index (χ2v) is 5.60. The molecule has 1 N–H and O–H groups in total. The Morgan fingerprint density at radius 1 is 1.37 bits per heavy atom. The molecule has 0 bridgehead atoms. The molecule has 0 radical (unpaired) electrons. The van der Waals surface area contributed by atoms with E-state index in [1.807, 2.05) is 0 Å². The van der Waals surface area contributed by atoms with Gasteiger partial charge < -0.3 is 14.6 Å². The Hall–Kier alpha value is -1.78. The van der Waals surface area contributed by atoms with Gasteiger partial charge in [0.1, 0.15) is 11.7 Å². The van der Waals surface area contributed by atoms with Gasteiger partial charge in [0.25, 0.3) is 5.91 Å². The summed E-state index contributed by atoms with van der Waals surface area (Å²) in [7, 11) is 1.81. The molecule has 3 rings (SSSR count). The predicted molar refractivity (Wildman–Crippen MR) is 68.7 cm³/mol. The van der Waals surface area contributed by atoms with Crippen LogP contribution in [0, 0.1) is 11.8 Å². The monoisotopic (exact) mass is 262 g/mol. The quantitative estimate of drug-likeness (QED) is 0.875. The zero-order valence-corrected chi connectivity index (χ0v) is 11.0. The lowest BCUT2D eigenvalue weighted by Gasteiger charge is -2.24. The van der Waals surface area contributed by atoms with Crippen molar-refractivity contribution in [2.45, 2.75) is 25.3 Å². The summed E-state index contributed by atoms with van der Waals surface area (Å²) in [6.45, 7) is 0.589. The minimum absolute atomic E-state index is 0.140. The molecule has 1 aliphatic carbocycles. The van der Waals surface area contributed by atoms with Crippen LogP contribution in [-0.2, 0) is 11.8 Å². The molecule has 102 valence electrons. The normalized spacial score (nSPS) is 29.5. The van der Waals surface area contributed by atoms with Gasteiger partial charge in [-0.15, -0.1) is 0 Å². The first-order valence-electron chi connectivity index (χ1n) is 6.74. The number of aryl methyl sites for hydroxylation is 1. The van der Waals surface area contributed by atoms with Gasteiger partial charge in [0, 0.05) is 19.8 Å². The number of fused-ring (bicyclic) bond motifs is 1. The van der Waals surface area contributed by atoms with E-state index in [1.165, 1.54) is 0 Å². The fourth-order valence-electron chi connectivity index (χ4n) is 3.66. The van der Waals surface area contributed by atoms with Gasteiger partial charge in [-0.25, -0.2) is 4.79 Å². The van der Waals surface area contributed by atoms with Crippen LogP contribution in [0.15, 0.2) is 18.3 Å². The van der Waals surface area contributed by atoms with Gasteiger partial charge in [-0.05, 0) is 36.8 Å². The molecule has 1 saturated carbocycles. The van der Waals surface area contributed by atoms with E-state index in [9.17, 15) is 14.7 Å². The fourth-order valence-corrected chi connectivity index (χ4v) is 3.66. The van der Waals surface area contributed by atoms with Crippen molar-refractivity contribution in [1.82, 2.24) is 9.47 Å². The van der Waals surface area contributed by atoms with Crippen LogP contribution in [0.1, 0.15) is 29.8 Å². The molecule has 0 spiro atoms. The SMILES string of the molecule is Cn1cccc1C(=O)N1CC2CCCC2C1C(=O)O. The van der Waals surface area contributed by atoms with E-state index in [2.05, 4.69) is 0 Å². The summed E-state index contributed by atoms with van der Waals surface area (Å²) in [4.78, 5) is 25.6. The van der Waals surface area contributed by atoms with E-state index >= 15 is 0 Å². The number of aliphatic carboxylic acids is 1. The lowest BCUT2D eigenvalue weighted by Crippen LogP contribution is -2.43. The Bertz CT molecular complexity index is 523. The predicted octanol–water partition coefficient (Wildman–Crippen LogP) is 1.35. The summed E-state index contributed by atoms with van der Waals surface area (Å²) in [6.07, 6.45) is 4.87. The van der Waals surface area contributed by atoms with Crippen LogP contribution in [0.2, 0.25) is 0 Å². The molecule has 3 atom stereocenters. The fraction of sp³-hybridized carbons (Fsp3) is 0.571. The molecular formula is C14H18N2O3. The van der Waals surface area contributed by atoms with Crippen molar-refractivity contribution < 1.29 is 14.7 Å².